The van der Waals surface area contributed by atoms with Gasteiger partial charge in [-0.05, 0) is 37.6 Å². The van der Waals surface area contributed by atoms with Gasteiger partial charge in [0.05, 0.1) is 0 Å². The lowest BCUT2D eigenvalue weighted by atomic mass is 10.2. The van der Waals surface area contributed by atoms with Gasteiger partial charge in [0, 0.05) is 19.1 Å². The Morgan fingerprint density at radius 1 is 1.14 bits per heavy atom. The summed E-state index contributed by atoms with van der Waals surface area (Å²) in [7, 11) is 0. The molecule has 0 heterocycles. The van der Waals surface area contributed by atoms with Crippen LogP contribution >= 0.6 is 0 Å². The number of hydrogen-bond donors (Lipinski definition) is 2. The van der Waals surface area contributed by atoms with Crippen molar-refractivity contribution in [2.24, 2.45) is 11.8 Å². The molecule has 0 aliphatic heterocycles. The topological polar surface area (TPSA) is 24.1 Å². The average Bonchev–Trinajstić information content (AvgIpc) is 2.69. The summed E-state index contributed by atoms with van der Waals surface area (Å²) in [6, 6.07) is 0.830. The minimum atomic E-state index is 0.830. The summed E-state index contributed by atoms with van der Waals surface area (Å²) in [5, 5.41) is 7.16. The highest BCUT2D eigenvalue weighted by molar-refractivity contribution is 4.84. The molecule has 2 saturated carbocycles. The van der Waals surface area contributed by atoms with E-state index in [1.807, 2.05) is 0 Å². The first-order chi connectivity index (χ1) is 6.86. The molecule has 0 amide bonds. The minimum absolute atomic E-state index is 0.830. The highest BCUT2D eigenvalue weighted by Gasteiger charge is 2.31. The molecule has 2 aliphatic carbocycles. The van der Waals surface area contributed by atoms with Crippen LogP contribution in [-0.2, 0) is 0 Å². The van der Waals surface area contributed by atoms with E-state index in [1.54, 1.807) is 0 Å². The van der Waals surface area contributed by atoms with E-state index < -0.39 is 0 Å². The third-order valence-electron chi connectivity index (χ3n) is 3.77. The van der Waals surface area contributed by atoms with Crippen LogP contribution in [0, 0.1) is 11.8 Å². The van der Waals surface area contributed by atoms with Crippen molar-refractivity contribution in [1.82, 2.24) is 10.6 Å². The minimum Gasteiger partial charge on any atom is -0.315 e. The summed E-state index contributed by atoms with van der Waals surface area (Å²) in [4.78, 5) is 0. The van der Waals surface area contributed by atoms with Gasteiger partial charge in [0.15, 0.2) is 0 Å². The van der Waals surface area contributed by atoms with E-state index >= 15 is 0 Å². The average molecular weight is 196 g/mol. The van der Waals surface area contributed by atoms with Gasteiger partial charge >= 0.3 is 0 Å². The number of rotatable bonds is 6. The second-order valence-corrected chi connectivity index (χ2v) is 5.11. The molecule has 82 valence electrons. The Hall–Kier alpha value is -0.0800. The Bertz CT molecular complexity index is 164. The van der Waals surface area contributed by atoms with Crippen molar-refractivity contribution in [3.63, 3.8) is 0 Å². The fraction of sp³-hybridized carbons (Fsp3) is 1.00. The van der Waals surface area contributed by atoms with Crippen molar-refractivity contribution < 1.29 is 0 Å². The van der Waals surface area contributed by atoms with Crippen molar-refractivity contribution in [2.45, 2.75) is 45.1 Å². The smallest absolute Gasteiger partial charge is 0.00793 e. The molecule has 2 aliphatic rings. The lowest BCUT2D eigenvalue weighted by Crippen LogP contribution is -2.34. The van der Waals surface area contributed by atoms with Gasteiger partial charge < -0.3 is 10.6 Å². The molecule has 2 heteroatoms. The van der Waals surface area contributed by atoms with Gasteiger partial charge in [-0.25, -0.2) is 0 Å². The molecule has 2 nitrogen and oxygen atoms in total. The molecule has 2 fully saturated rings. The van der Waals surface area contributed by atoms with Crippen LogP contribution in [0.5, 0.6) is 0 Å². The summed E-state index contributed by atoms with van der Waals surface area (Å²) in [5.41, 5.74) is 0. The van der Waals surface area contributed by atoms with Gasteiger partial charge in [-0.15, -0.1) is 0 Å². The summed E-state index contributed by atoms with van der Waals surface area (Å²) in [6.45, 7) is 5.90. The predicted octanol–water partition coefficient (Wildman–Crippen LogP) is 1.76. The first-order valence-electron chi connectivity index (χ1n) is 6.30. The molecular weight excluding hydrogens is 172 g/mol. The maximum atomic E-state index is 3.62. The Balaban J connectivity index is 1.39. The van der Waals surface area contributed by atoms with Crippen molar-refractivity contribution in [3.05, 3.63) is 0 Å². The molecular formula is C12H24N2. The molecule has 2 N–H and O–H groups in total. The van der Waals surface area contributed by atoms with Crippen LogP contribution in [0.1, 0.15) is 39.0 Å². The Labute approximate surface area is 87.8 Å². The van der Waals surface area contributed by atoms with Crippen LogP contribution in [0.2, 0.25) is 0 Å². The van der Waals surface area contributed by atoms with Gasteiger partial charge in [-0.3, -0.25) is 0 Å². The van der Waals surface area contributed by atoms with Crippen molar-refractivity contribution >= 4 is 0 Å². The lowest BCUT2D eigenvalue weighted by Gasteiger charge is -2.11. The zero-order chi connectivity index (χ0) is 9.80. The molecule has 2 atom stereocenters. The normalized spacial score (nSPS) is 32.4. The Kier molecular flexibility index (Phi) is 3.82. The zero-order valence-corrected chi connectivity index (χ0v) is 9.39. The largest absolute Gasteiger partial charge is 0.315 e. The highest BCUT2D eigenvalue weighted by atomic mass is 15.0. The van der Waals surface area contributed by atoms with Crippen LogP contribution in [-0.4, -0.2) is 25.7 Å². The van der Waals surface area contributed by atoms with Crippen LogP contribution < -0.4 is 10.6 Å². The standard InChI is InChI=1S/C12H24N2/c1-10-8-11(10)9-13-6-7-14-12-4-2-3-5-12/h10-14H,2-9H2,1H3. The monoisotopic (exact) mass is 196 g/mol. The van der Waals surface area contributed by atoms with E-state index in [2.05, 4.69) is 17.6 Å². The second-order valence-electron chi connectivity index (χ2n) is 5.11. The van der Waals surface area contributed by atoms with Crippen LogP contribution in [0.15, 0.2) is 0 Å². The quantitative estimate of drug-likeness (QED) is 0.633. The Morgan fingerprint density at radius 2 is 1.86 bits per heavy atom. The molecule has 2 rings (SSSR count). The van der Waals surface area contributed by atoms with E-state index in [-0.39, 0.29) is 0 Å². The molecule has 0 aromatic heterocycles. The van der Waals surface area contributed by atoms with E-state index in [0.29, 0.717) is 0 Å². The fourth-order valence-corrected chi connectivity index (χ4v) is 2.47. The fourth-order valence-electron chi connectivity index (χ4n) is 2.47. The maximum absolute atomic E-state index is 3.62. The summed E-state index contributed by atoms with van der Waals surface area (Å²) in [5.74, 6) is 1.98. The van der Waals surface area contributed by atoms with Crippen LogP contribution in [0.3, 0.4) is 0 Å². The first-order valence-corrected chi connectivity index (χ1v) is 6.30. The molecule has 0 radical (unpaired) electrons. The molecule has 0 bridgehead atoms. The van der Waals surface area contributed by atoms with Crippen LogP contribution in [0.4, 0.5) is 0 Å². The van der Waals surface area contributed by atoms with Crippen molar-refractivity contribution in [3.8, 4) is 0 Å². The van der Waals surface area contributed by atoms with Gasteiger partial charge in [-0.1, -0.05) is 19.8 Å². The van der Waals surface area contributed by atoms with E-state index in [0.717, 1.165) is 31.0 Å². The lowest BCUT2D eigenvalue weighted by molar-refractivity contribution is 0.502. The van der Waals surface area contributed by atoms with Gasteiger partial charge in [-0.2, -0.15) is 0 Å². The SMILES string of the molecule is CC1CC1CNCCNC1CCCC1. The highest BCUT2D eigenvalue weighted by Crippen LogP contribution is 2.36. The van der Waals surface area contributed by atoms with Crippen molar-refractivity contribution in [1.29, 1.82) is 0 Å². The molecule has 2 unspecified atom stereocenters. The number of hydrogen-bond acceptors (Lipinski definition) is 2. The molecule has 0 spiro atoms. The van der Waals surface area contributed by atoms with E-state index in [4.69, 9.17) is 0 Å². The molecule has 14 heavy (non-hydrogen) atoms. The first kappa shape index (κ1) is 10.4. The third-order valence-corrected chi connectivity index (χ3v) is 3.77. The summed E-state index contributed by atoms with van der Waals surface area (Å²) < 4.78 is 0. The van der Waals surface area contributed by atoms with Gasteiger partial charge in [0.1, 0.15) is 0 Å². The predicted molar refractivity (Wildman–Crippen MR) is 60.4 cm³/mol. The summed E-state index contributed by atoms with van der Waals surface area (Å²) >= 11 is 0. The third kappa shape index (κ3) is 3.25. The maximum Gasteiger partial charge on any atom is 0.00793 e. The van der Waals surface area contributed by atoms with E-state index in [1.165, 1.54) is 38.6 Å². The molecule has 0 aromatic rings. The van der Waals surface area contributed by atoms with E-state index in [9.17, 15) is 0 Å². The van der Waals surface area contributed by atoms with Gasteiger partial charge in [0.25, 0.3) is 0 Å². The van der Waals surface area contributed by atoms with Crippen molar-refractivity contribution in [2.75, 3.05) is 19.6 Å². The number of nitrogens with one attached hydrogen (secondary N) is 2. The molecule has 0 aromatic carbocycles. The molecule has 0 saturated heterocycles. The van der Waals surface area contributed by atoms with Crippen LogP contribution in [0.25, 0.3) is 0 Å². The summed E-state index contributed by atoms with van der Waals surface area (Å²) in [6.07, 6.45) is 7.12. The second kappa shape index (κ2) is 5.13. The van der Waals surface area contributed by atoms with Gasteiger partial charge in [0.2, 0.25) is 0 Å². The Morgan fingerprint density at radius 3 is 2.50 bits per heavy atom. The zero-order valence-electron chi connectivity index (χ0n) is 9.39.